The summed E-state index contributed by atoms with van der Waals surface area (Å²) in [5, 5.41) is 36.3. The van der Waals surface area contributed by atoms with Gasteiger partial charge in [0, 0.05) is 0 Å². The van der Waals surface area contributed by atoms with Crippen molar-refractivity contribution in [3.63, 3.8) is 0 Å². The van der Waals surface area contributed by atoms with Gasteiger partial charge in [-0.3, -0.25) is 0 Å². The smallest absolute Gasteiger partial charge is 0.111 e. The van der Waals surface area contributed by atoms with Gasteiger partial charge in [-0.1, -0.05) is 6.08 Å². The first-order valence-corrected chi connectivity index (χ1v) is 3.69. The molecule has 0 amide bonds. The SMILES string of the molecule is NC1C=C(CO)C(O)C(O)C1O. The first-order valence-electron chi connectivity index (χ1n) is 3.69. The molecule has 4 unspecified atom stereocenters. The minimum absolute atomic E-state index is 0.250. The van der Waals surface area contributed by atoms with Crippen molar-refractivity contribution < 1.29 is 20.4 Å². The molecule has 0 aromatic carbocycles. The van der Waals surface area contributed by atoms with Gasteiger partial charge in [-0.05, 0) is 5.57 Å². The van der Waals surface area contributed by atoms with Crippen LogP contribution in [0.3, 0.4) is 0 Å². The Labute approximate surface area is 69.8 Å². The zero-order chi connectivity index (χ0) is 9.30. The van der Waals surface area contributed by atoms with Crippen LogP contribution in [0.1, 0.15) is 0 Å². The second-order valence-electron chi connectivity index (χ2n) is 2.90. The first kappa shape index (κ1) is 9.63. The molecular formula is C7H13NO4. The summed E-state index contributed by atoms with van der Waals surface area (Å²) in [5.41, 5.74) is 5.64. The zero-order valence-corrected chi connectivity index (χ0v) is 6.46. The maximum absolute atomic E-state index is 9.23. The highest BCUT2D eigenvalue weighted by Gasteiger charge is 2.34. The summed E-state index contributed by atoms with van der Waals surface area (Å²) in [6.45, 7) is -0.362. The second-order valence-corrected chi connectivity index (χ2v) is 2.90. The van der Waals surface area contributed by atoms with Gasteiger partial charge >= 0.3 is 0 Å². The van der Waals surface area contributed by atoms with E-state index >= 15 is 0 Å². The summed E-state index contributed by atoms with van der Waals surface area (Å²) in [5.74, 6) is 0. The van der Waals surface area contributed by atoms with Crippen LogP contribution in [0.25, 0.3) is 0 Å². The summed E-state index contributed by atoms with van der Waals surface area (Å²) in [6.07, 6.45) is -2.34. The van der Waals surface area contributed by atoms with E-state index in [-0.39, 0.29) is 12.2 Å². The van der Waals surface area contributed by atoms with Crippen molar-refractivity contribution >= 4 is 0 Å². The molecule has 0 aromatic heterocycles. The molecule has 0 fully saturated rings. The van der Waals surface area contributed by atoms with Crippen molar-refractivity contribution in [3.8, 4) is 0 Å². The molecule has 0 saturated carbocycles. The quantitative estimate of drug-likeness (QED) is 0.279. The molecule has 5 nitrogen and oxygen atoms in total. The highest BCUT2D eigenvalue weighted by atomic mass is 16.4. The molecule has 5 heteroatoms. The Morgan fingerprint density at radius 1 is 1.25 bits per heavy atom. The van der Waals surface area contributed by atoms with Gasteiger partial charge in [0.2, 0.25) is 0 Å². The Morgan fingerprint density at radius 2 is 1.83 bits per heavy atom. The number of aliphatic hydroxyl groups is 4. The summed E-state index contributed by atoms with van der Waals surface area (Å²) >= 11 is 0. The van der Waals surface area contributed by atoms with E-state index in [0.29, 0.717) is 0 Å². The van der Waals surface area contributed by atoms with E-state index in [1.165, 1.54) is 6.08 Å². The minimum Gasteiger partial charge on any atom is -0.392 e. The molecule has 6 N–H and O–H groups in total. The maximum Gasteiger partial charge on any atom is 0.111 e. The van der Waals surface area contributed by atoms with E-state index in [2.05, 4.69) is 0 Å². The van der Waals surface area contributed by atoms with Crippen LogP contribution in [0.2, 0.25) is 0 Å². The van der Waals surface area contributed by atoms with Crippen molar-refractivity contribution in [2.75, 3.05) is 6.61 Å². The van der Waals surface area contributed by atoms with Crippen LogP contribution in [-0.2, 0) is 0 Å². The molecule has 0 spiro atoms. The Morgan fingerprint density at radius 3 is 2.33 bits per heavy atom. The summed E-state index contributed by atoms with van der Waals surface area (Å²) in [7, 11) is 0. The summed E-state index contributed by atoms with van der Waals surface area (Å²) < 4.78 is 0. The molecule has 12 heavy (non-hydrogen) atoms. The molecule has 0 saturated heterocycles. The largest absolute Gasteiger partial charge is 0.392 e. The van der Waals surface area contributed by atoms with Gasteiger partial charge in [0.1, 0.15) is 18.3 Å². The molecule has 0 aromatic rings. The average Bonchev–Trinajstić information content (AvgIpc) is 2.08. The van der Waals surface area contributed by atoms with Gasteiger partial charge < -0.3 is 26.2 Å². The molecule has 1 aliphatic rings. The van der Waals surface area contributed by atoms with E-state index in [1.54, 1.807) is 0 Å². The normalized spacial score (nSPS) is 42.6. The van der Waals surface area contributed by atoms with Gasteiger partial charge in [0.25, 0.3) is 0 Å². The fraction of sp³-hybridized carbons (Fsp3) is 0.714. The third-order valence-corrected chi connectivity index (χ3v) is 2.04. The van der Waals surface area contributed by atoms with Crippen molar-refractivity contribution in [3.05, 3.63) is 11.6 Å². The van der Waals surface area contributed by atoms with E-state index in [9.17, 15) is 10.2 Å². The number of nitrogens with two attached hydrogens (primary N) is 1. The average molecular weight is 175 g/mol. The fourth-order valence-electron chi connectivity index (χ4n) is 1.22. The third-order valence-electron chi connectivity index (χ3n) is 2.04. The minimum atomic E-state index is -1.31. The van der Waals surface area contributed by atoms with E-state index in [0.717, 1.165) is 0 Å². The number of rotatable bonds is 1. The molecule has 0 radical (unpaired) electrons. The molecule has 70 valence electrons. The number of aliphatic hydroxyl groups excluding tert-OH is 4. The molecule has 0 bridgehead atoms. The van der Waals surface area contributed by atoms with Crippen LogP contribution in [0.15, 0.2) is 11.6 Å². The van der Waals surface area contributed by atoms with Crippen LogP contribution in [0.5, 0.6) is 0 Å². The lowest BCUT2D eigenvalue weighted by molar-refractivity contribution is -0.0596. The first-order chi connectivity index (χ1) is 5.57. The predicted octanol–water partition coefficient (Wildman–Crippen LogP) is -2.67. The highest BCUT2D eigenvalue weighted by Crippen LogP contribution is 2.18. The Kier molecular flexibility index (Phi) is 2.81. The summed E-state index contributed by atoms with van der Waals surface area (Å²) in [4.78, 5) is 0. The molecular weight excluding hydrogens is 162 g/mol. The van der Waals surface area contributed by atoms with Gasteiger partial charge in [-0.2, -0.15) is 0 Å². The Bertz CT molecular complexity index is 194. The highest BCUT2D eigenvalue weighted by molar-refractivity contribution is 5.20. The van der Waals surface area contributed by atoms with Gasteiger partial charge in [-0.15, -0.1) is 0 Å². The summed E-state index contributed by atoms with van der Waals surface area (Å²) in [6, 6.07) is -0.731. The zero-order valence-electron chi connectivity index (χ0n) is 6.46. The second kappa shape index (κ2) is 3.51. The number of hydrogen-bond donors (Lipinski definition) is 5. The van der Waals surface area contributed by atoms with Crippen LogP contribution in [-0.4, -0.2) is 51.4 Å². The lowest BCUT2D eigenvalue weighted by Crippen LogP contribution is -2.52. The Balaban J connectivity index is 2.84. The monoisotopic (exact) mass is 175 g/mol. The van der Waals surface area contributed by atoms with E-state index in [4.69, 9.17) is 15.9 Å². The molecule has 1 aliphatic carbocycles. The molecule has 0 aliphatic heterocycles. The van der Waals surface area contributed by atoms with Crippen LogP contribution in [0.4, 0.5) is 0 Å². The van der Waals surface area contributed by atoms with E-state index in [1.807, 2.05) is 0 Å². The third kappa shape index (κ3) is 1.50. The van der Waals surface area contributed by atoms with Gasteiger partial charge in [0.15, 0.2) is 0 Å². The van der Waals surface area contributed by atoms with Crippen LogP contribution in [0, 0.1) is 0 Å². The van der Waals surface area contributed by atoms with Crippen LogP contribution >= 0.6 is 0 Å². The van der Waals surface area contributed by atoms with Crippen molar-refractivity contribution in [2.24, 2.45) is 5.73 Å². The van der Waals surface area contributed by atoms with Crippen molar-refractivity contribution in [1.82, 2.24) is 0 Å². The lowest BCUT2D eigenvalue weighted by atomic mass is 9.89. The molecule has 0 heterocycles. The number of hydrogen-bond acceptors (Lipinski definition) is 5. The topological polar surface area (TPSA) is 107 Å². The van der Waals surface area contributed by atoms with E-state index < -0.39 is 24.4 Å². The fourth-order valence-corrected chi connectivity index (χ4v) is 1.22. The lowest BCUT2D eigenvalue weighted by Gasteiger charge is -2.32. The Hall–Kier alpha value is -0.460. The van der Waals surface area contributed by atoms with Crippen molar-refractivity contribution in [2.45, 2.75) is 24.4 Å². The molecule has 1 rings (SSSR count). The van der Waals surface area contributed by atoms with Gasteiger partial charge in [-0.25, -0.2) is 0 Å². The van der Waals surface area contributed by atoms with Crippen LogP contribution < -0.4 is 5.73 Å². The standard InChI is InChI=1S/C7H13NO4/c8-4-1-3(2-9)5(10)7(12)6(4)11/h1,4-7,9-12H,2,8H2. The molecule has 4 atom stereocenters. The predicted molar refractivity (Wildman–Crippen MR) is 41.2 cm³/mol. The van der Waals surface area contributed by atoms with Gasteiger partial charge in [0.05, 0.1) is 12.6 Å². The maximum atomic E-state index is 9.23. The van der Waals surface area contributed by atoms with Crippen molar-refractivity contribution in [1.29, 1.82) is 0 Å².